The largest absolute Gasteiger partial charge is 0.493 e. The predicted octanol–water partition coefficient (Wildman–Crippen LogP) is 2.44. The number of benzene rings is 1. The Morgan fingerprint density at radius 2 is 2.00 bits per heavy atom. The molecule has 1 aromatic carbocycles. The lowest BCUT2D eigenvalue weighted by Crippen LogP contribution is -2.56. The fraction of sp³-hybridized carbons (Fsp3) is 0.632. The minimum absolute atomic E-state index is 0.228. The van der Waals surface area contributed by atoms with Crippen molar-refractivity contribution in [1.82, 2.24) is 9.80 Å². The first-order valence-electron chi connectivity index (χ1n) is 8.65. The number of carbonyl (C=O) groups is 1. The first kappa shape index (κ1) is 18.6. The van der Waals surface area contributed by atoms with Gasteiger partial charge in [0, 0.05) is 32.1 Å². The molecular weight excluding hydrogens is 304 g/mol. The minimum atomic E-state index is 0.228. The van der Waals surface area contributed by atoms with Crippen molar-refractivity contribution in [2.24, 2.45) is 5.92 Å². The van der Waals surface area contributed by atoms with E-state index in [1.165, 1.54) is 0 Å². The molecule has 1 fully saturated rings. The quantitative estimate of drug-likeness (QED) is 0.801. The second-order valence-electron chi connectivity index (χ2n) is 6.81. The van der Waals surface area contributed by atoms with E-state index in [9.17, 15) is 4.79 Å². The van der Waals surface area contributed by atoms with Crippen LogP contribution in [0.25, 0.3) is 0 Å². The molecule has 0 N–H and O–H groups in total. The molecule has 134 valence electrons. The van der Waals surface area contributed by atoms with E-state index in [0.717, 1.165) is 30.9 Å². The Bertz CT molecular complexity index is 560. The summed E-state index contributed by atoms with van der Waals surface area (Å²) in [4.78, 5) is 17.2. The molecule has 0 aromatic heterocycles. The van der Waals surface area contributed by atoms with E-state index in [2.05, 4.69) is 30.7 Å². The van der Waals surface area contributed by atoms with Crippen LogP contribution in [0.4, 0.5) is 0 Å². The highest BCUT2D eigenvalue weighted by molar-refractivity contribution is 5.77. The van der Waals surface area contributed by atoms with Gasteiger partial charge in [-0.25, -0.2) is 0 Å². The first-order valence-corrected chi connectivity index (χ1v) is 8.65. The van der Waals surface area contributed by atoms with Crippen LogP contribution in [0.2, 0.25) is 0 Å². The van der Waals surface area contributed by atoms with E-state index in [4.69, 9.17) is 9.47 Å². The molecular formula is C19H30N2O3. The maximum Gasteiger partial charge on any atom is 0.223 e. The topological polar surface area (TPSA) is 42.0 Å². The minimum Gasteiger partial charge on any atom is -0.493 e. The standard InChI is InChI=1S/C19H30N2O3/c1-14(2)16-13-20(3)11-12-21(16)18(22)10-9-15-7-6-8-17(23-4)19(15)24-5/h6-8,14,16H,9-13H2,1-5H3/t16-/m1/s1. The number of para-hydroxylation sites is 1. The molecule has 0 radical (unpaired) electrons. The Morgan fingerprint density at radius 1 is 1.25 bits per heavy atom. The van der Waals surface area contributed by atoms with Crippen molar-refractivity contribution in [3.8, 4) is 11.5 Å². The maximum absolute atomic E-state index is 12.8. The molecule has 0 saturated carbocycles. The summed E-state index contributed by atoms with van der Waals surface area (Å²) in [5.74, 6) is 2.13. The zero-order valence-electron chi connectivity index (χ0n) is 15.5. The van der Waals surface area contributed by atoms with Gasteiger partial charge in [0.25, 0.3) is 0 Å². The number of carbonyl (C=O) groups excluding carboxylic acids is 1. The highest BCUT2D eigenvalue weighted by Gasteiger charge is 2.30. The highest BCUT2D eigenvalue weighted by atomic mass is 16.5. The lowest BCUT2D eigenvalue weighted by Gasteiger charge is -2.42. The Kier molecular flexibility index (Phi) is 6.49. The molecule has 0 aliphatic carbocycles. The van der Waals surface area contributed by atoms with Crippen molar-refractivity contribution in [1.29, 1.82) is 0 Å². The van der Waals surface area contributed by atoms with E-state index in [1.54, 1.807) is 14.2 Å². The van der Waals surface area contributed by atoms with Crippen molar-refractivity contribution in [3.63, 3.8) is 0 Å². The van der Waals surface area contributed by atoms with Crippen LogP contribution in [0.1, 0.15) is 25.8 Å². The third kappa shape index (κ3) is 4.20. The molecule has 5 nitrogen and oxygen atoms in total. The summed E-state index contributed by atoms with van der Waals surface area (Å²) in [6.45, 7) is 7.08. The van der Waals surface area contributed by atoms with Gasteiger partial charge in [-0.1, -0.05) is 26.0 Å². The van der Waals surface area contributed by atoms with Crippen LogP contribution >= 0.6 is 0 Å². The molecule has 1 aliphatic rings. The number of hydrogen-bond acceptors (Lipinski definition) is 4. The molecule has 0 spiro atoms. The molecule has 24 heavy (non-hydrogen) atoms. The van der Waals surface area contributed by atoms with E-state index in [1.807, 2.05) is 18.2 Å². The molecule has 5 heteroatoms. The number of hydrogen-bond donors (Lipinski definition) is 0. The van der Waals surface area contributed by atoms with Crippen LogP contribution in [0.5, 0.6) is 11.5 Å². The van der Waals surface area contributed by atoms with E-state index < -0.39 is 0 Å². The van der Waals surface area contributed by atoms with Gasteiger partial charge in [-0.05, 0) is 31.0 Å². The van der Waals surface area contributed by atoms with E-state index in [-0.39, 0.29) is 5.91 Å². The van der Waals surface area contributed by atoms with Crippen molar-refractivity contribution in [3.05, 3.63) is 23.8 Å². The molecule has 1 aliphatic heterocycles. The monoisotopic (exact) mass is 334 g/mol. The van der Waals surface area contributed by atoms with Gasteiger partial charge in [0.1, 0.15) is 0 Å². The Labute approximate surface area is 145 Å². The zero-order chi connectivity index (χ0) is 17.7. The van der Waals surface area contributed by atoms with Gasteiger partial charge in [-0.3, -0.25) is 4.79 Å². The van der Waals surface area contributed by atoms with Crippen molar-refractivity contribution >= 4 is 5.91 Å². The summed E-state index contributed by atoms with van der Waals surface area (Å²) in [7, 11) is 5.39. The molecule has 0 unspecified atom stereocenters. The number of aryl methyl sites for hydroxylation is 1. The van der Waals surface area contributed by atoms with Crippen LogP contribution in [-0.2, 0) is 11.2 Å². The summed E-state index contributed by atoms with van der Waals surface area (Å²) in [6.07, 6.45) is 1.16. The lowest BCUT2D eigenvalue weighted by molar-refractivity contribution is -0.137. The number of amides is 1. The van der Waals surface area contributed by atoms with Gasteiger partial charge in [-0.2, -0.15) is 0 Å². The maximum atomic E-state index is 12.8. The fourth-order valence-electron chi connectivity index (χ4n) is 3.37. The second kappa shape index (κ2) is 8.38. The fourth-order valence-corrected chi connectivity index (χ4v) is 3.37. The summed E-state index contributed by atoms with van der Waals surface area (Å²) in [6, 6.07) is 6.11. The average molecular weight is 334 g/mol. The number of nitrogens with zero attached hydrogens (tertiary/aromatic N) is 2. The second-order valence-corrected chi connectivity index (χ2v) is 6.81. The predicted molar refractivity (Wildman–Crippen MR) is 95.7 cm³/mol. The Balaban J connectivity index is 2.05. The molecule has 1 aromatic rings. The average Bonchev–Trinajstić information content (AvgIpc) is 2.58. The van der Waals surface area contributed by atoms with Crippen LogP contribution in [0.3, 0.4) is 0 Å². The number of piperazine rings is 1. The molecule has 1 heterocycles. The molecule has 0 bridgehead atoms. The van der Waals surface area contributed by atoms with E-state index in [0.29, 0.717) is 30.6 Å². The highest BCUT2D eigenvalue weighted by Crippen LogP contribution is 2.31. The van der Waals surface area contributed by atoms with Crippen LogP contribution < -0.4 is 9.47 Å². The molecule has 2 rings (SSSR count). The van der Waals surface area contributed by atoms with Crippen molar-refractivity contribution in [2.45, 2.75) is 32.7 Å². The van der Waals surface area contributed by atoms with Crippen molar-refractivity contribution < 1.29 is 14.3 Å². The summed E-state index contributed by atoms with van der Waals surface area (Å²) in [5.41, 5.74) is 1.01. The van der Waals surface area contributed by atoms with Crippen LogP contribution in [-0.4, -0.2) is 62.7 Å². The zero-order valence-corrected chi connectivity index (χ0v) is 15.5. The van der Waals surface area contributed by atoms with Gasteiger partial charge >= 0.3 is 0 Å². The van der Waals surface area contributed by atoms with Gasteiger partial charge in [-0.15, -0.1) is 0 Å². The van der Waals surface area contributed by atoms with E-state index >= 15 is 0 Å². The summed E-state index contributed by atoms with van der Waals surface area (Å²) in [5, 5.41) is 0. The third-order valence-electron chi connectivity index (χ3n) is 4.80. The van der Waals surface area contributed by atoms with Gasteiger partial charge in [0.2, 0.25) is 5.91 Å². The van der Waals surface area contributed by atoms with Crippen LogP contribution in [0, 0.1) is 5.92 Å². The van der Waals surface area contributed by atoms with Gasteiger partial charge in [0.05, 0.1) is 14.2 Å². The Hall–Kier alpha value is -1.75. The normalized spacial score (nSPS) is 18.8. The third-order valence-corrected chi connectivity index (χ3v) is 4.80. The van der Waals surface area contributed by atoms with Gasteiger partial charge in [0.15, 0.2) is 11.5 Å². The molecule has 1 atom stereocenters. The number of ether oxygens (including phenoxy) is 2. The summed E-state index contributed by atoms with van der Waals surface area (Å²) >= 11 is 0. The van der Waals surface area contributed by atoms with Crippen LogP contribution in [0.15, 0.2) is 18.2 Å². The molecule has 1 saturated heterocycles. The lowest BCUT2D eigenvalue weighted by atomic mass is 9.98. The number of likely N-dealkylation sites (N-methyl/N-ethyl adjacent to an activating group) is 1. The summed E-state index contributed by atoms with van der Waals surface area (Å²) < 4.78 is 10.8. The molecule has 1 amide bonds. The van der Waals surface area contributed by atoms with Gasteiger partial charge < -0.3 is 19.3 Å². The van der Waals surface area contributed by atoms with Crippen molar-refractivity contribution in [2.75, 3.05) is 40.9 Å². The number of methoxy groups -OCH3 is 2. The number of rotatable bonds is 6. The Morgan fingerprint density at radius 3 is 2.62 bits per heavy atom. The smallest absolute Gasteiger partial charge is 0.223 e. The SMILES string of the molecule is COc1cccc(CCC(=O)N2CCN(C)C[C@@H]2C(C)C)c1OC. The first-order chi connectivity index (χ1) is 11.5.